The molecule has 3 N–H and O–H groups in total. The van der Waals surface area contributed by atoms with Gasteiger partial charge in [0.05, 0.1) is 15.5 Å². The molecule has 6 nitrogen and oxygen atoms in total. The van der Waals surface area contributed by atoms with Crippen molar-refractivity contribution in [3.05, 3.63) is 56.9 Å². The first-order chi connectivity index (χ1) is 11.4. The number of halogens is 1. The van der Waals surface area contributed by atoms with Crippen molar-refractivity contribution in [2.45, 2.75) is 20.0 Å². The van der Waals surface area contributed by atoms with Gasteiger partial charge in [0.25, 0.3) is 5.91 Å². The highest BCUT2D eigenvalue weighted by molar-refractivity contribution is 9.10. The number of nitrogens with one attached hydrogen (secondary N) is 3. The van der Waals surface area contributed by atoms with Gasteiger partial charge in [0, 0.05) is 5.69 Å². The first kappa shape index (κ1) is 16.3. The maximum Gasteiger partial charge on any atom is 0.323 e. The smallest absolute Gasteiger partial charge is 0.323 e. The molecule has 0 aliphatic rings. The summed E-state index contributed by atoms with van der Waals surface area (Å²) in [5.74, 6) is 0.327. The Hall–Kier alpha value is -2.54. The highest BCUT2D eigenvalue weighted by Crippen LogP contribution is 2.27. The second-order valence-electron chi connectivity index (χ2n) is 5.52. The first-order valence-corrected chi connectivity index (χ1v) is 8.17. The van der Waals surface area contributed by atoms with E-state index in [9.17, 15) is 9.59 Å². The Morgan fingerprint density at radius 1 is 1.17 bits per heavy atom. The van der Waals surface area contributed by atoms with Gasteiger partial charge >= 0.3 is 5.69 Å². The lowest BCUT2D eigenvalue weighted by atomic mass is 10.2. The van der Waals surface area contributed by atoms with Crippen molar-refractivity contribution in [3.8, 4) is 5.75 Å². The Morgan fingerprint density at radius 2 is 1.92 bits per heavy atom. The number of rotatable bonds is 4. The number of hydrogen-bond donors (Lipinski definition) is 3. The number of H-pyrrole nitrogens is 2. The Kier molecular flexibility index (Phi) is 4.44. The number of benzene rings is 2. The summed E-state index contributed by atoms with van der Waals surface area (Å²) in [6, 6.07) is 10.8. The Balaban J connectivity index is 1.71. The number of imidazole rings is 1. The van der Waals surface area contributed by atoms with Crippen molar-refractivity contribution in [3.63, 3.8) is 0 Å². The predicted octanol–water partition coefficient (Wildman–Crippen LogP) is 3.33. The van der Waals surface area contributed by atoms with Crippen molar-refractivity contribution >= 4 is 38.6 Å². The molecule has 0 aliphatic heterocycles. The van der Waals surface area contributed by atoms with E-state index in [0.29, 0.717) is 22.5 Å². The number of aromatic nitrogens is 2. The molecular formula is C17H16BrN3O3. The third-order valence-electron chi connectivity index (χ3n) is 3.54. The molecule has 1 aromatic heterocycles. The van der Waals surface area contributed by atoms with Crippen LogP contribution in [-0.4, -0.2) is 22.0 Å². The number of carbonyl (C=O) groups excluding carboxylic acids is 1. The summed E-state index contributed by atoms with van der Waals surface area (Å²) < 4.78 is 6.50. The zero-order valence-corrected chi connectivity index (χ0v) is 14.7. The van der Waals surface area contributed by atoms with E-state index in [0.717, 1.165) is 10.0 Å². The van der Waals surface area contributed by atoms with Crippen LogP contribution in [0.15, 0.2) is 45.7 Å². The molecule has 2 aromatic carbocycles. The average molecular weight is 390 g/mol. The van der Waals surface area contributed by atoms with Crippen molar-refractivity contribution in [1.29, 1.82) is 0 Å². The van der Waals surface area contributed by atoms with Gasteiger partial charge in [0.15, 0.2) is 6.10 Å². The van der Waals surface area contributed by atoms with Crippen molar-refractivity contribution in [2.24, 2.45) is 0 Å². The van der Waals surface area contributed by atoms with E-state index in [2.05, 4.69) is 31.2 Å². The fraction of sp³-hybridized carbons (Fsp3) is 0.176. The summed E-state index contributed by atoms with van der Waals surface area (Å²) in [7, 11) is 0. The third-order valence-corrected chi connectivity index (χ3v) is 4.16. The minimum atomic E-state index is -0.676. The van der Waals surface area contributed by atoms with Crippen LogP contribution >= 0.6 is 15.9 Å². The quantitative estimate of drug-likeness (QED) is 0.639. The minimum absolute atomic E-state index is 0.278. The average Bonchev–Trinajstić information content (AvgIpc) is 2.89. The number of aromatic amines is 2. The fourth-order valence-electron chi connectivity index (χ4n) is 2.30. The van der Waals surface area contributed by atoms with Crippen molar-refractivity contribution in [1.82, 2.24) is 9.97 Å². The standard InChI is InChI=1S/C17H16BrN3O3/c1-9-3-6-15(12(18)7-9)24-10(2)16(22)19-11-4-5-13-14(8-11)21-17(23)20-13/h3-8,10H,1-2H3,(H,19,22)(H2,20,21,23). The number of fused-ring (bicyclic) bond motifs is 1. The monoisotopic (exact) mass is 389 g/mol. The Bertz CT molecular complexity index is 961. The molecule has 0 fully saturated rings. The zero-order chi connectivity index (χ0) is 17.3. The molecular weight excluding hydrogens is 374 g/mol. The van der Waals surface area contributed by atoms with Crippen LogP contribution in [0.4, 0.5) is 5.69 Å². The number of anilines is 1. The molecule has 3 aromatic rings. The SMILES string of the molecule is Cc1ccc(OC(C)C(=O)Nc2ccc3[nH]c(=O)[nH]c3c2)c(Br)c1. The number of ether oxygens (including phenoxy) is 1. The van der Waals surface area contributed by atoms with Gasteiger partial charge in [-0.05, 0) is 65.7 Å². The van der Waals surface area contributed by atoms with E-state index in [4.69, 9.17) is 4.74 Å². The molecule has 0 bridgehead atoms. The molecule has 124 valence electrons. The summed E-state index contributed by atoms with van der Waals surface area (Å²) in [5, 5.41) is 2.78. The van der Waals surface area contributed by atoms with Gasteiger partial charge in [0.2, 0.25) is 0 Å². The van der Waals surface area contributed by atoms with Gasteiger partial charge in [-0.15, -0.1) is 0 Å². The number of carbonyl (C=O) groups is 1. The van der Waals surface area contributed by atoms with E-state index in [-0.39, 0.29) is 11.6 Å². The largest absolute Gasteiger partial charge is 0.480 e. The van der Waals surface area contributed by atoms with E-state index >= 15 is 0 Å². The summed E-state index contributed by atoms with van der Waals surface area (Å²) in [6.07, 6.45) is -0.676. The maximum atomic E-state index is 12.3. The fourth-order valence-corrected chi connectivity index (χ4v) is 2.89. The first-order valence-electron chi connectivity index (χ1n) is 7.38. The summed E-state index contributed by atoms with van der Waals surface area (Å²) in [5.41, 5.74) is 2.72. The van der Waals surface area contributed by atoms with Crippen molar-refractivity contribution in [2.75, 3.05) is 5.32 Å². The lowest BCUT2D eigenvalue weighted by Gasteiger charge is -2.16. The van der Waals surface area contributed by atoms with Crippen molar-refractivity contribution < 1.29 is 9.53 Å². The summed E-state index contributed by atoms with van der Waals surface area (Å²) in [6.45, 7) is 3.66. The van der Waals surface area contributed by atoms with Crippen LogP contribution in [0.2, 0.25) is 0 Å². The highest BCUT2D eigenvalue weighted by Gasteiger charge is 2.16. The maximum absolute atomic E-state index is 12.3. The molecule has 0 spiro atoms. The molecule has 1 unspecified atom stereocenters. The van der Waals surface area contributed by atoms with Gasteiger partial charge < -0.3 is 20.0 Å². The van der Waals surface area contributed by atoms with Crippen LogP contribution in [0.1, 0.15) is 12.5 Å². The van der Waals surface area contributed by atoms with Crippen LogP contribution in [-0.2, 0) is 4.79 Å². The molecule has 0 saturated heterocycles. The van der Waals surface area contributed by atoms with Gasteiger partial charge in [-0.3, -0.25) is 4.79 Å². The van der Waals surface area contributed by atoms with E-state index in [1.807, 2.05) is 25.1 Å². The lowest BCUT2D eigenvalue weighted by Crippen LogP contribution is -2.30. The highest BCUT2D eigenvalue weighted by atomic mass is 79.9. The molecule has 3 rings (SSSR count). The number of hydrogen-bond acceptors (Lipinski definition) is 3. The van der Waals surface area contributed by atoms with Gasteiger partial charge in [-0.1, -0.05) is 6.07 Å². The predicted molar refractivity (Wildman–Crippen MR) is 96.5 cm³/mol. The van der Waals surface area contributed by atoms with Gasteiger partial charge in [-0.25, -0.2) is 4.79 Å². The second-order valence-corrected chi connectivity index (χ2v) is 6.38. The molecule has 1 amide bonds. The lowest BCUT2D eigenvalue weighted by molar-refractivity contribution is -0.122. The van der Waals surface area contributed by atoms with Gasteiger partial charge in [-0.2, -0.15) is 0 Å². The summed E-state index contributed by atoms with van der Waals surface area (Å²) in [4.78, 5) is 28.9. The third kappa shape index (κ3) is 3.51. The number of aryl methyl sites for hydroxylation is 1. The Labute approximate surface area is 146 Å². The second kappa shape index (κ2) is 6.52. The summed E-state index contributed by atoms with van der Waals surface area (Å²) >= 11 is 3.43. The topological polar surface area (TPSA) is 87.0 Å². The molecule has 0 aliphatic carbocycles. The normalized spacial score (nSPS) is 12.1. The van der Waals surface area contributed by atoms with Gasteiger partial charge in [0.1, 0.15) is 5.75 Å². The Morgan fingerprint density at radius 3 is 2.67 bits per heavy atom. The molecule has 1 atom stereocenters. The molecule has 1 heterocycles. The van der Waals surface area contributed by atoms with Crippen LogP contribution in [0, 0.1) is 6.92 Å². The van der Waals surface area contributed by atoms with E-state index in [1.165, 1.54) is 0 Å². The van der Waals surface area contributed by atoms with E-state index in [1.54, 1.807) is 25.1 Å². The van der Waals surface area contributed by atoms with Crippen LogP contribution < -0.4 is 15.7 Å². The molecule has 0 saturated carbocycles. The number of amides is 1. The van der Waals surface area contributed by atoms with Crippen LogP contribution in [0.25, 0.3) is 11.0 Å². The van der Waals surface area contributed by atoms with Crippen LogP contribution in [0.5, 0.6) is 5.75 Å². The van der Waals surface area contributed by atoms with E-state index < -0.39 is 6.10 Å². The molecule has 7 heteroatoms. The minimum Gasteiger partial charge on any atom is -0.480 e. The zero-order valence-electron chi connectivity index (χ0n) is 13.1. The molecule has 24 heavy (non-hydrogen) atoms. The van der Waals surface area contributed by atoms with Crippen LogP contribution in [0.3, 0.4) is 0 Å². The molecule has 0 radical (unpaired) electrons.